The Kier molecular flexibility index (Phi) is 7.28. The van der Waals surface area contributed by atoms with E-state index in [1.807, 2.05) is 30.3 Å². The van der Waals surface area contributed by atoms with Crippen LogP contribution in [0, 0.1) is 0 Å². The number of anilines is 2. The Bertz CT molecular complexity index is 902. The highest BCUT2D eigenvalue weighted by atomic mass is 16.5. The van der Waals surface area contributed by atoms with Gasteiger partial charge in [0.25, 0.3) is 0 Å². The average Bonchev–Trinajstić information content (AvgIpc) is 2.78. The molecule has 3 rings (SSSR count). The number of hydrogen-bond donors (Lipinski definition) is 1. The Morgan fingerprint density at radius 2 is 1.72 bits per heavy atom. The van der Waals surface area contributed by atoms with E-state index in [1.165, 1.54) is 5.56 Å². The fourth-order valence-corrected chi connectivity index (χ4v) is 3.12. The highest BCUT2D eigenvalue weighted by Crippen LogP contribution is 2.27. The molecule has 6 nitrogen and oxygen atoms in total. The molecule has 6 heteroatoms. The number of nitrogens with one attached hydrogen (secondary N) is 1. The van der Waals surface area contributed by atoms with Crippen LogP contribution in [0.5, 0.6) is 11.5 Å². The van der Waals surface area contributed by atoms with Crippen LogP contribution in [-0.2, 0) is 13.0 Å². The number of methoxy groups -OCH3 is 2. The third-order valence-electron chi connectivity index (χ3n) is 4.71. The summed E-state index contributed by atoms with van der Waals surface area (Å²) in [4.78, 5) is 11.3. The molecule has 0 aliphatic rings. The van der Waals surface area contributed by atoms with Gasteiger partial charge in [0.2, 0.25) is 5.95 Å². The number of nitrogens with zero attached hydrogens (tertiary/aromatic N) is 3. The van der Waals surface area contributed by atoms with Gasteiger partial charge in [0.15, 0.2) is 11.5 Å². The summed E-state index contributed by atoms with van der Waals surface area (Å²) in [6.45, 7) is 4.55. The van der Waals surface area contributed by atoms with E-state index in [0.717, 1.165) is 48.9 Å². The molecule has 0 aliphatic heterocycles. The zero-order valence-electron chi connectivity index (χ0n) is 17.3. The first-order valence-electron chi connectivity index (χ1n) is 9.80. The largest absolute Gasteiger partial charge is 0.493 e. The molecule has 152 valence electrons. The first kappa shape index (κ1) is 20.5. The summed E-state index contributed by atoms with van der Waals surface area (Å²) >= 11 is 0. The van der Waals surface area contributed by atoms with Gasteiger partial charge in [-0.2, -0.15) is 4.98 Å². The van der Waals surface area contributed by atoms with Crippen LogP contribution in [0.25, 0.3) is 0 Å². The van der Waals surface area contributed by atoms with Gasteiger partial charge in [0.05, 0.1) is 14.2 Å². The van der Waals surface area contributed by atoms with Gasteiger partial charge >= 0.3 is 0 Å². The van der Waals surface area contributed by atoms with E-state index in [1.54, 1.807) is 20.4 Å². The fraction of sp³-hybridized carbons (Fsp3) is 0.304. The van der Waals surface area contributed by atoms with Crippen molar-refractivity contribution in [1.29, 1.82) is 0 Å². The lowest BCUT2D eigenvalue weighted by atomic mass is 10.1. The summed E-state index contributed by atoms with van der Waals surface area (Å²) in [5.41, 5.74) is 2.42. The Labute approximate surface area is 172 Å². The van der Waals surface area contributed by atoms with Crippen molar-refractivity contribution < 1.29 is 9.47 Å². The predicted molar refractivity (Wildman–Crippen MR) is 117 cm³/mol. The topological polar surface area (TPSA) is 59.5 Å². The molecule has 0 amide bonds. The molecule has 1 aromatic heterocycles. The van der Waals surface area contributed by atoms with E-state index in [-0.39, 0.29) is 0 Å². The van der Waals surface area contributed by atoms with E-state index in [9.17, 15) is 0 Å². The highest BCUT2D eigenvalue weighted by molar-refractivity contribution is 5.44. The second-order valence-corrected chi connectivity index (χ2v) is 6.60. The Balaban J connectivity index is 1.61. The monoisotopic (exact) mass is 392 g/mol. The highest BCUT2D eigenvalue weighted by Gasteiger charge is 2.09. The summed E-state index contributed by atoms with van der Waals surface area (Å²) in [5, 5.41) is 3.32. The second-order valence-electron chi connectivity index (χ2n) is 6.60. The van der Waals surface area contributed by atoms with Gasteiger partial charge < -0.3 is 19.7 Å². The minimum Gasteiger partial charge on any atom is -0.493 e. The van der Waals surface area contributed by atoms with Gasteiger partial charge in [-0.3, -0.25) is 0 Å². The number of rotatable bonds is 10. The lowest BCUT2D eigenvalue weighted by Crippen LogP contribution is -2.23. The smallest absolute Gasteiger partial charge is 0.224 e. The summed E-state index contributed by atoms with van der Waals surface area (Å²) in [6, 6.07) is 18.3. The molecule has 0 spiro atoms. The maximum absolute atomic E-state index is 5.37. The van der Waals surface area contributed by atoms with Crippen molar-refractivity contribution in [3.63, 3.8) is 0 Å². The molecule has 1 heterocycles. The predicted octanol–water partition coefficient (Wildman–Crippen LogP) is 4.17. The molecular formula is C23H28N4O2. The van der Waals surface area contributed by atoms with Crippen molar-refractivity contribution in [3.05, 3.63) is 71.9 Å². The van der Waals surface area contributed by atoms with Crippen LogP contribution in [0.2, 0.25) is 0 Å². The van der Waals surface area contributed by atoms with E-state index in [4.69, 9.17) is 14.5 Å². The molecule has 0 saturated carbocycles. The maximum Gasteiger partial charge on any atom is 0.224 e. The van der Waals surface area contributed by atoms with Crippen molar-refractivity contribution in [2.45, 2.75) is 19.9 Å². The van der Waals surface area contributed by atoms with Crippen LogP contribution in [0.4, 0.5) is 11.8 Å². The van der Waals surface area contributed by atoms with Crippen LogP contribution < -0.4 is 19.7 Å². The lowest BCUT2D eigenvalue weighted by Gasteiger charge is -2.22. The van der Waals surface area contributed by atoms with Crippen LogP contribution in [-0.4, -0.2) is 37.3 Å². The minimum atomic E-state index is 0.634. The number of aromatic nitrogens is 2. The van der Waals surface area contributed by atoms with Crippen molar-refractivity contribution in [3.8, 4) is 11.5 Å². The Hall–Kier alpha value is -3.28. The minimum absolute atomic E-state index is 0.634. The molecule has 0 saturated heterocycles. The molecule has 3 aromatic rings. The van der Waals surface area contributed by atoms with Crippen LogP contribution >= 0.6 is 0 Å². The number of benzene rings is 2. The van der Waals surface area contributed by atoms with Gasteiger partial charge in [0, 0.05) is 25.8 Å². The molecule has 2 aromatic carbocycles. The van der Waals surface area contributed by atoms with Gasteiger partial charge in [0.1, 0.15) is 5.82 Å². The Morgan fingerprint density at radius 3 is 2.45 bits per heavy atom. The molecule has 0 bridgehead atoms. The van der Waals surface area contributed by atoms with Gasteiger partial charge in [-0.1, -0.05) is 36.4 Å². The van der Waals surface area contributed by atoms with Gasteiger partial charge in [-0.15, -0.1) is 0 Å². The van der Waals surface area contributed by atoms with E-state index < -0.39 is 0 Å². The van der Waals surface area contributed by atoms with Gasteiger partial charge in [-0.25, -0.2) is 4.98 Å². The first-order chi connectivity index (χ1) is 14.2. The van der Waals surface area contributed by atoms with Crippen molar-refractivity contribution in [2.24, 2.45) is 0 Å². The summed E-state index contributed by atoms with van der Waals surface area (Å²) in [7, 11) is 3.29. The Morgan fingerprint density at radius 1 is 0.931 bits per heavy atom. The summed E-state index contributed by atoms with van der Waals surface area (Å²) in [5.74, 6) is 3.02. The molecule has 0 fully saturated rings. The summed E-state index contributed by atoms with van der Waals surface area (Å²) < 4.78 is 10.7. The molecule has 1 N–H and O–H groups in total. The van der Waals surface area contributed by atoms with E-state index in [2.05, 4.69) is 46.4 Å². The van der Waals surface area contributed by atoms with E-state index >= 15 is 0 Å². The second kappa shape index (κ2) is 10.3. The first-order valence-corrected chi connectivity index (χ1v) is 9.80. The lowest BCUT2D eigenvalue weighted by molar-refractivity contribution is 0.354. The molecule has 0 atom stereocenters. The van der Waals surface area contributed by atoms with Crippen molar-refractivity contribution in [2.75, 3.05) is 37.5 Å². The summed E-state index contributed by atoms with van der Waals surface area (Å²) in [6.07, 6.45) is 2.63. The van der Waals surface area contributed by atoms with Gasteiger partial charge in [-0.05, 0) is 42.7 Å². The molecule has 0 radical (unpaired) electrons. The SMILES string of the molecule is CCN(Cc1ccccc1)c1ccnc(NCCc2ccc(OC)c(OC)c2)n1. The zero-order chi connectivity index (χ0) is 20.5. The molecule has 29 heavy (non-hydrogen) atoms. The fourth-order valence-electron chi connectivity index (χ4n) is 3.12. The van der Waals surface area contributed by atoms with Crippen molar-refractivity contribution >= 4 is 11.8 Å². The number of hydrogen-bond acceptors (Lipinski definition) is 6. The molecule has 0 unspecified atom stereocenters. The normalized spacial score (nSPS) is 10.4. The van der Waals surface area contributed by atoms with E-state index in [0.29, 0.717) is 5.95 Å². The molecular weight excluding hydrogens is 364 g/mol. The zero-order valence-corrected chi connectivity index (χ0v) is 17.3. The third-order valence-corrected chi connectivity index (χ3v) is 4.71. The average molecular weight is 393 g/mol. The van der Waals surface area contributed by atoms with Crippen LogP contribution in [0.3, 0.4) is 0 Å². The number of ether oxygens (including phenoxy) is 2. The maximum atomic E-state index is 5.37. The van der Waals surface area contributed by atoms with Crippen molar-refractivity contribution in [1.82, 2.24) is 9.97 Å². The standard InChI is InChI=1S/C23H28N4O2/c1-4-27(17-19-8-6-5-7-9-19)22-13-15-25-23(26-22)24-14-12-18-10-11-20(28-2)21(16-18)29-3/h5-11,13,15-16H,4,12,14,17H2,1-3H3,(H,24,25,26). The van der Waals surface area contributed by atoms with Crippen LogP contribution in [0.15, 0.2) is 60.8 Å². The quantitative estimate of drug-likeness (QED) is 0.559. The molecule has 0 aliphatic carbocycles. The third kappa shape index (κ3) is 5.60. The van der Waals surface area contributed by atoms with Crippen LogP contribution in [0.1, 0.15) is 18.1 Å².